The number of aryl methyl sites for hydroxylation is 2. The molecule has 98 valence electrons. The average molecular weight is 245 g/mol. The van der Waals surface area contributed by atoms with E-state index >= 15 is 0 Å². The number of imidazole rings is 1. The van der Waals surface area contributed by atoms with Gasteiger partial charge in [0.25, 0.3) is 0 Å². The Morgan fingerprint density at radius 2 is 2.11 bits per heavy atom. The first-order valence-electron chi connectivity index (χ1n) is 6.73. The molecule has 0 saturated heterocycles. The molecule has 2 aromatic rings. The Morgan fingerprint density at radius 1 is 1.33 bits per heavy atom. The zero-order valence-corrected chi connectivity index (χ0v) is 11.8. The summed E-state index contributed by atoms with van der Waals surface area (Å²) in [5, 5.41) is 3.18. The third-order valence-corrected chi connectivity index (χ3v) is 3.39. The molecule has 0 unspecified atom stereocenters. The van der Waals surface area contributed by atoms with E-state index < -0.39 is 0 Å². The van der Waals surface area contributed by atoms with Crippen molar-refractivity contribution in [3.63, 3.8) is 0 Å². The number of benzene rings is 1. The molecule has 1 aromatic heterocycles. The van der Waals surface area contributed by atoms with Gasteiger partial charge in [0.2, 0.25) is 0 Å². The van der Waals surface area contributed by atoms with E-state index in [-0.39, 0.29) is 0 Å². The lowest BCUT2D eigenvalue weighted by Crippen LogP contribution is -2.08. The highest BCUT2D eigenvalue weighted by atomic mass is 15.1. The van der Waals surface area contributed by atoms with Crippen LogP contribution in [-0.4, -0.2) is 23.1 Å². The summed E-state index contributed by atoms with van der Waals surface area (Å²) in [6.07, 6.45) is 2.29. The smallest absolute Gasteiger partial charge is 0.112 e. The summed E-state index contributed by atoms with van der Waals surface area (Å²) in [5.41, 5.74) is 3.74. The highest BCUT2D eigenvalue weighted by Gasteiger charge is 2.10. The highest BCUT2D eigenvalue weighted by Crippen LogP contribution is 2.21. The Kier molecular flexibility index (Phi) is 4.02. The van der Waals surface area contributed by atoms with Crippen LogP contribution in [0.15, 0.2) is 18.2 Å². The van der Waals surface area contributed by atoms with Crippen LogP contribution in [0.1, 0.15) is 37.6 Å². The van der Waals surface area contributed by atoms with Crippen molar-refractivity contribution >= 4 is 11.0 Å². The van der Waals surface area contributed by atoms with Crippen LogP contribution in [-0.2, 0) is 13.5 Å². The van der Waals surface area contributed by atoms with Crippen LogP contribution in [0.3, 0.4) is 0 Å². The molecule has 1 heterocycles. The monoisotopic (exact) mass is 245 g/mol. The van der Waals surface area contributed by atoms with Gasteiger partial charge in [0.05, 0.1) is 11.0 Å². The van der Waals surface area contributed by atoms with E-state index in [1.807, 2.05) is 7.05 Å². The molecule has 0 aliphatic heterocycles. The second-order valence-electron chi connectivity index (χ2n) is 5.21. The van der Waals surface area contributed by atoms with Crippen LogP contribution in [0.25, 0.3) is 11.0 Å². The Morgan fingerprint density at radius 3 is 2.78 bits per heavy atom. The molecule has 3 nitrogen and oxygen atoms in total. The first-order valence-corrected chi connectivity index (χ1v) is 6.73. The fourth-order valence-corrected chi connectivity index (χ4v) is 2.41. The van der Waals surface area contributed by atoms with Gasteiger partial charge in [0.1, 0.15) is 5.82 Å². The second kappa shape index (κ2) is 5.53. The van der Waals surface area contributed by atoms with Crippen molar-refractivity contribution in [3.8, 4) is 0 Å². The Hall–Kier alpha value is -1.35. The standard InChI is InChI=1S/C15H23N3/c1-11(2)15-17-13-10-12(6-5-9-16-3)7-8-14(13)18(15)4/h7-8,10-11,16H,5-6,9H2,1-4H3. The third-order valence-electron chi connectivity index (χ3n) is 3.39. The Labute approximate surface area is 109 Å². The molecule has 0 aliphatic carbocycles. The molecule has 0 amide bonds. The molecule has 0 fully saturated rings. The minimum absolute atomic E-state index is 0.468. The normalized spacial score (nSPS) is 11.6. The second-order valence-corrected chi connectivity index (χ2v) is 5.21. The van der Waals surface area contributed by atoms with Crippen molar-refractivity contribution in [3.05, 3.63) is 29.6 Å². The van der Waals surface area contributed by atoms with Gasteiger partial charge in [0.15, 0.2) is 0 Å². The van der Waals surface area contributed by atoms with Crippen molar-refractivity contribution in [1.29, 1.82) is 0 Å². The number of nitrogens with zero attached hydrogens (tertiary/aromatic N) is 2. The lowest BCUT2D eigenvalue weighted by Gasteiger charge is -2.04. The fraction of sp³-hybridized carbons (Fsp3) is 0.533. The molecule has 0 spiro atoms. The van der Waals surface area contributed by atoms with Crippen LogP contribution in [0, 0.1) is 0 Å². The number of hydrogen-bond donors (Lipinski definition) is 1. The Bertz CT molecular complexity index is 526. The first-order chi connectivity index (χ1) is 8.63. The Balaban J connectivity index is 2.28. The molecule has 0 bridgehead atoms. The highest BCUT2D eigenvalue weighted by molar-refractivity contribution is 5.77. The molecule has 0 radical (unpaired) electrons. The van der Waals surface area contributed by atoms with Gasteiger partial charge >= 0.3 is 0 Å². The topological polar surface area (TPSA) is 29.9 Å². The van der Waals surface area contributed by atoms with Gasteiger partial charge in [-0.3, -0.25) is 0 Å². The van der Waals surface area contributed by atoms with Gasteiger partial charge < -0.3 is 9.88 Å². The molecule has 1 N–H and O–H groups in total. The number of rotatable bonds is 5. The van der Waals surface area contributed by atoms with E-state index in [0.717, 1.165) is 24.3 Å². The molecule has 0 saturated carbocycles. The zero-order chi connectivity index (χ0) is 13.1. The van der Waals surface area contributed by atoms with E-state index in [2.05, 4.69) is 49.0 Å². The van der Waals surface area contributed by atoms with Crippen molar-refractivity contribution in [2.75, 3.05) is 13.6 Å². The van der Waals surface area contributed by atoms with Gasteiger partial charge in [-0.25, -0.2) is 4.98 Å². The predicted octanol–water partition coefficient (Wildman–Crippen LogP) is 2.85. The van der Waals surface area contributed by atoms with E-state index in [4.69, 9.17) is 4.98 Å². The molecule has 18 heavy (non-hydrogen) atoms. The maximum Gasteiger partial charge on any atom is 0.112 e. The zero-order valence-electron chi connectivity index (χ0n) is 11.8. The molecule has 1 aromatic carbocycles. The van der Waals surface area contributed by atoms with Gasteiger partial charge in [-0.1, -0.05) is 19.9 Å². The van der Waals surface area contributed by atoms with Gasteiger partial charge in [-0.05, 0) is 44.1 Å². The molecular weight excluding hydrogens is 222 g/mol. The number of aromatic nitrogens is 2. The summed E-state index contributed by atoms with van der Waals surface area (Å²) in [7, 11) is 4.10. The van der Waals surface area contributed by atoms with Crippen LogP contribution in [0.2, 0.25) is 0 Å². The number of fused-ring (bicyclic) bond motifs is 1. The molecule has 0 aliphatic rings. The minimum atomic E-state index is 0.468. The van der Waals surface area contributed by atoms with Gasteiger partial charge in [0, 0.05) is 13.0 Å². The molecule has 3 heteroatoms. The SMILES string of the molecule is CNCCCc1ccc2c(c1)nc(C(C)C)n2C. The van der Waals surface area contributed by atoms with Crippen molar-refractivity contribution in [2.24, 2.45) is 7.05 Å². The third kappa shape index (κ3) is 2.56. The molecule has 0 atom stereocenters. The summed E-state index contributed by atoms with van der Waals surface area (Å²) in [4.78, 5) is 4.75. The first kappa shape index (κ1) is 13.1. The van der Waals surface area contributed by atoms with Crippen LogP contribution < -0.4 is 5.32 Å². The summed E-state index contributed by atoms with van der Waals surface area (Å²) < 4.78 is 2.21. The van der Waals surface area contributed by atoms with Crippen LogP contribution in [0.5, 0.6) is 0 Å². The fourth-order valence-electron chi connectivity index (χ4n) is 2.41. The largest absolute Gasteiger partial charge is 0.331 e. The van der Waals surface area contributed by atoms with Crippen molar-refractivity contribution in [1.82, 2.24) is 14.9 Å². The van der Waals surface area contributed by atoms with Crippen LogP contribution >= 0.6 is 0 Å². The van der Waals surface area contributed by atoms with E-state index in [0.29, 0.717) is 5.92 Å². The van der Waals surface area contributed by atoms with Crippen molar-refractivity contribution < 1.29 is 0 Å². The van der Waals surface area contributed by atoms with E-state index in [9.17, 15) is 0 Å². The van der Waals surface area contributed by atoms with Crippen LogP contribution in [0.4, 0.5) is 0 Å². The summed E-state index contributed by atoms with van der Waals surface area (Å²) in [6.45, 7) is 5.45. The minimum Gasteiger partial charge on any atom is -0.331 e. The summed E-state index contributed by atoms with van der Waals surface area (Å²) in [6, 6.07) is 6.66. The lowest BCUT2D eigenvalue weighted by molar-refractivity contribution is 0.722. The molecule has 2 rings (SSSR count). The summed E-state index contributed by atoms with van der Waals surface area (Å²) in [5.74, 6) is 1.63. The van der Waals surface area contributed by atoms with Gasteiger partial charge in [-0.15, -0.1) is 0 Å². The quantitative estimate of drug-likeness (QED) is 0.821. The van der Waals surface area contributed by atoms with E-state index in [1.54, 1.807) is 0 Å². The maximum absolute atomic E-state index is 4.75. The predicted molar refractivity (Wildman–Crippen MR) is 77.1 cm³/mol. The summed E-state index contributed by atoms with van der Waals surface area (Å²) >= 11 is 0. The lowest BCUT2D eigenvalue weighted by atomic mass is 10.1. The van der Waals surface area contributed by atoms with Gasteiger partial charge in [-0.2, -0.15) is 0 Å². The molecular formula is C15H23N3. The van der Waals surface area contributed by atoms with E-state index in [1.165, 1.54) is 17.5 Å². The number of nitrogens with one attached hydrogen (secondary N) is 1. The maximum atomic E-state index is 4.75. The van der Waals surface area contributed by atoms with Crippen molar-refractivity contribution in [2.45, 2.75) is 32.6 Å². The average Bonchev–Trinajstić information content (AvgIpc) is 2.67. The number of hydrogen-bond acceptors (Lipinski definition) is 2.